The fourth-order valence-electron chi connectivity index (χ4n) is 1.21. The number of halogens is 1. The Bertz CT molecular complexity index is 253. The molecule has 2 rings (SSSR count). The summed E-state index contributed by atoms with van der Waals surface area (Å²) in [5, 5.41) is 0. The van der Waals surface area contributed by atoms with Gasteiger partial charge in [0.25, 0.3) is 0 Å². The molecule has 1 aromatic rings. The van der Waals surface area contributed by atoms with Gasteiger partial charge in [0.2, 0.25) is 0 Å². The smallest absolute Gasteiger partial charge is 0.0787 e. The summed E-state index contributed by atoms with van der Waals surface area (Å²) < 4.78 is 0. The largest absolute Gasteiger partial charge is 0.261 e. The first-order valence-electron chi connectivity index (χ1n) is 3.76. The number of nitrogens with one attached hydrogen (secondary N) is 2. The summed E-state index contributed by atoms with van der Waals surface area (Å²) in [4.78, 5) is 8.61. The van der Waals surface area contributed by atoms with Gasteiger partial charge in [-0.15, -0.1) is 0 Å². The summed E-state index contributed by atoms with van der Waals surface area (Å²) >= 11 is 3.55. The Labute approximate surface area is 78.9 Å². The maximum atomic E-state index is 4.22. The monoisotopic (exact) mass is 228 g/mol. The standard InChI is InChI=1S/C7H9BrN4/c8-5-3-11-12-7(5)6-4-9-1-2-10-6/h1-2,4-5,7,11-12H,3H2. The predicted octanol–water partition coefficient (Wildman–Crippen LogP) is 0.389. The molecule has 0 aliphatic carbocycles. The minimum absolute atomic E-state index is 0.221. The molecule has 0 amide bonds. The van der Waals surface area contributed by atoms with E-state index >= 15 is 0 Å². The van der Waals surface area contributed by atoms with Gasteiger partial charge in [-0.3, -0.25) is 15.4 Å². The molecule has 1 aliphatic rings. The van der Waals surface area contributed by atoms with Crippen LogP contribution in [0, 0.1) is 0 Å². The van der Waals surface area contributed by atoms with Crippen LogP contribution in [0.3, 0.4) is 0 Å². The molecule has 2 atom stereocenters. The quantitative estimate of drug-likeness (QED) is 0.684. The topological polar surface area (TPSA) is 49.8 Å². The summed E-state index contributed by atoms with van der Waals surface area (Å²) in [6.45, 7) is 0.904. The van der Waals surface area contributed by atoms with E-state index in [1.54, 1.807) is 18.6 Å². The van der Waals surface area contributed by atoms with Crippen LogP contribution in [0.1, 0.15) is 11.7 Å². The molecule has 2 N–H and O–H groups in total. The third-order valence-corrected chi connectivity index (χ3v) is 2.67. The second kappa shape index (κ2) is 3.47. The number of nitrogens with zero attached hydrogens (tertiary/aromatic N) is 2. The van der Waals surface area contributed by atoms with Gasteiger partial charge in [-0.2, -0.15) is 0 Å². The lowest BCUT2D eigenvalue weighted by Crippen LogP contribution is -2.25. The Balaban J connectivity index is 2.19. The molecular formula is C7H9BrN4. The Kier molecular flexibility index (Phi) is 2.34. The number of hydrogen-bond donors (Lipinski definition) is 2. The van der Waals surface area contributed by atoms with Crippen LogP contribution >= 0.6 is 15.9 Å². The minimum Gasteiger partial charge on any atom is -0.261 e. The predicted molar refractivity (Wildman–Crippen MR) is 48.6 cm³/mol. The Morgan fingerprint density at radius 1 is 1.50 bits per heavy atom. The van der Waals surface area contributed by atoms with E-state index in [9.17, 15) is 0 Å². The van der Waals surface area contributed by atoms with Crippen molar-refractivity contribution in [1.82, 2.24) is 20.8 Å². The Morgan fingerprint density at radius 3 is 3.00 bits per heavy atom. The molecule has 1 fully saturated rings. The maximum Gasteiger partial charge on any atom is 0.0787 e. The van der Waals surface area contributed by atoms with Crippen molar-refractivity contribution in [3.05, 3.63) is 24.3 Å². The van der Waals surface area contributed by atoms with Crippen molar-refractivity contribution in [2.24, 2.45) is 0 Å². The van der Waals surface area contributed by atoms with Crippen molar-refractivity contribution in [3.8, 4) is 0 Å². The fraction of sp³-hybridized carbons (Fsp3) is 0.429. The summed E-state index contributed by atoms with van der Waals surface area (Å²) in [7, 11) is 0. The van der Waals surface area contributed by atoms with Crippen LogP contribution in [0.15, 0.2) is 18.6 Å². The van der Waals surface area contributed by atoms with Crippen LogP contribution in [-0.2, 0) is 0 Å². The first-order valence-corrected chi connectivity index (χ1v) is 4.68. The minimum atomic E-state index is 0.221. The van der Waals surface area contributed by atoms with Gasteiger partial charge in [0.05, 0.1) is 22.8 Å². The molecule has 0 bridgehead atoms. The molecule has 0 spiro atoms. The number of aromatic nitrogens is 2. The Hall–Kier alpha value is -0.520. The molecule has 0 aromatic carbocycles. The number of alkyl halides is 1. The first kappa shape index (κ1) is 8.10. The molecule has 2 unspecified atom stereocenters. The SMILES string of the molecule is BrC1CNNC1c1cnccn1. The third kappa shape index (κ3) is 1.48. The number of hydrogen-bond acceptors (Lipinski definition) is 4. The second-order valence-electron chi connectivity index (χ2n) is 2.65. The van der Waals surface area contributed by atoms with E-state index in [1.165, 1.54) is 0 Å². The van der Waals surface area contributed by atoms with Gasteiger partial charge < -0.3 is 0 Å². The van der Waals surface area contributed by atoms with Gasteiger partial charge in [0.15, 0.2) is 0 Å². The lowest BCUT2D eigenvalue weighted by Gasteiger charge is -2.10. The van der Waals surface area contributed by atoms with E-state index in [1.807, 2.05) is 0 Å². The average molecular weight is 229 g/mol. The van der Waals surface area contributed by atoms with Crippen LogP contribution in [0.4, 0.5) is 0 Å². The van der Waals surface area contributed by atoms with Crippen LogP contribution in [0.25, 0.3) is 0 Å². The van der Waals surface area contributed by atoms with Crippen molar-refractivity contribution in [1.29, 1.82) is 0 Å². The molecular weight excluding hydrogens is 220 g/mol. The lowest BCUT2D eigenvalue weighted by molar-refractivity contribution is 0.571. The molecule has 12 heavy (non-hydrogen) atoms. The molecule has 64 valence electrons. The Morgan fingerprint density at radius 2 is 2.42 bits per heavy atom. The second-order valence-corrected chi connectivity index (χ2v) is 3.83. The lowest BCUT2D eigenvalue weighted by atomic mass is 10.2. The van der Waals surface area contributed by atoms with Crippen LogP contribution in [-0.4, -0.2) is 21.3 Å². The van der Waals surface area contributed by atoms with Gasteiger partial charge in [-0.25, -0.2) is 5.43 Å². The molecule has 0 radical (unpaired) electrons. The van der Waals surface area contributed by atoms with E-state index in [2.05, 4.69) is 36.7 Å². The zero-order valence-electron chi connectivity index (χ0n) is 6.37. The summed E-state index contributed by atoms with van der Waals surface area (Å²) in [5.74, 6) is 0. The number of hydrazine groups is 1. The van der Waals surface area contributed by atoms with Gasteiger partial charge in [-0.1, -0.05) is 15.9 Å². The summed E-state index contributed by atoms with van der Waals surface area (Å²) in [6.07, 6.45) is 5.16. The maximum absolute atomic E-state index is 4.22. The highest BCUT2D eigenvalue weighted by Gasteiger charge is 2.26. The van der Waals surface area contributed by atoms with Crippen LogP contribution in [0.2, 0.25) is 0 Å². The van der Waals surface area contributed by atoms with Gasteiger partial charge in [0, 0.05) is 18.9 Å². The summed E-state index contributed by atoms with van der Waals surface area (Å²) in [5.41, 5.74) is 7.14. The third-order valence-electron chi connectivity index (χ3n) is 1.82. The highest BCUT2D eigenvalue weighted by molar-refractivity contribution is 9.09. The van der Waals surface area contributed by atoms with Crippen molar-refractivity contribution in [2.45, 2.75) is 10.9 Å². The van der Waals surface area contributed by atoms with Gasteiger partial charge in [0.1, 0.15) is 0 Å². The van der Waals surface area contributed by atoms with Gasteiger partial charge >= 0.3 is 0 Å². The van der Waals surface area contributed by atoms with Crippen molar-refractivity contribution < 1.29 is 0 Å². The first-order chi connectivity index (χ1) is 5.88. The van der Waals surface area contributed by atoms with Crippen molar-refractivity contribution in [3.63, 3.8) is 0 Å². The van der Waals surface area contributed by atoms with E-state index in [4.69, 9.17) is 0 Å². The van der Waals surface area contributed by atoms with Crippen LogP contribution in [0.5, 0.6) is 0 Å². The van der Waals surface area contributed by atoms with Crippen LogP contribution < -0.4 is 10.9 Å². The normalized spacial score (nSPS) is 29.1. The molecule has 1 saturated heterocycles. The average Bonchev–Trinajstić information content (AvgIpc) is 2.53. The molecule has 4 nitrogen and oxygen atoms in total. The zero-order chi connectivity index (χ0) is 8.39. The van der Waals surface area contributed by atoms with E-state index < -0.39 is 0 Å². The molecule has 0 saturated carbocycles. The highest BCUT2D eigenvalue weighted by Crippen LogP contribution is 2.22. The molecule has 1 aliphatic heterocycles. The van der Waals surface area contributed by atoms with E-state index in [0.717, 1.165) is 12.2 Å². The number of rotatable bonds is 1. The molecule has 2 heterocycles. The zero-order valence-corrected chi connectivity index (χ0v) is 7.95. The summed E-state index contributed by atoms with van der Waals surface area (Å²) in [6, 6.07) is 0.221. The van der Waals surface area contributed by atoms with E-state index in [0.29, 0.717) is 4.83 Å². The highest BCUT2D eigenvalue weighted by atomic mass is 79.9. The molecule has 5 heteroatoms. The van der Waals surface area contributed by atoms with Gasteiger partial charge in [-0.05, 0) is 0 Å². The van der Waals surface area contributed by atoms with E-state index in [-0.39, 0.29) is 6.04 Å². The molecule has 1 aromatic heterocycles. The van der Waals surface area contributed by atoms with Crippen molar-refractivity contribution >= 4 is 15.9 Å². The van der Waals surface area contributed by atoms with Crippen molar-refractivity contribution in [2.75, 3.05) is 6.54 Å². The fourth-order valence-corrected chi connectivity index (χ4v) is 1.77.